The SMILES string of the molecule is Cc1ccc(N(c2ccc3c(c2)C(C)(C)c2ccccc2-3)c2ccccc2-c2ccccc2)cc1C(C)(C)c1cc(C(C)(C)C)ccc1C. The van der Waals surface area contributed by atoms with Crippen molar-refractivity contribution in [1.29, 1.82) is 0 Å². The molecule has 49 heavy (non-hydrogen) atoms. The normalized spacial score (nSPS) is 13.6. The molecule has 6 aromatic rings. The van der Waals surface area contributed by atoms with Crippen LogP contribution >= 0.6 is 0 Å². The fourth-order valence-electron chi connectivity index (χ4n) is 8.12. The van der Waals surface area contributed by atoms with E-state index in [4.69, 9.17) is 0 Å². The summed E-state index contributed by atoms with van der Waals surface area (Å²) in [6.07, 6.45) is 0. The summed E-state index contributed by atoms with van der Waals surface area (Å²) in [5, 5.41) is 0. The van der Waals surface area contributed by atoms with Crippen LogP contribution in [0.15, 0.2) is 133 Å². The van der Waals surface area contributed by atoms with Gasteiger partial charge in [0.1, 0.15) is 0 Å². The van der Waals surface area contributed by atoms with Crippen LogP contribution in [0.3, 0.4) is 0 Å². The lowest BCUT2D eigenvalue weighted by atomic mass is 9.72. The predicted molar refractivity (Wildman–Crippen MR) is 211 cm³/mol. The van der Waals surface area contributed by atoms with Gasteiger partial charge in [0.2, 0.25) is 0 Å². The number of hydrogen-bond acceptors (Lipinski definition) is 1. The minimum Gasteiger partial charge on any atom is -0.310 e. The molecule has 1 aliphatic carbocycles. The summed E-state index contributed by atoms with van der Waals surface area (Å²) in [6, 6.07) is 49.8. The number of benzene rings is 6. The van der Waals surface area contributed by atoms with Gasteiger partial charge in [0, 0.05) is 27.8 Å². The van der Waals surface area contributed by atoms with Crippen LogP contribution in [0, 0.1) is 13.8 Å². The van der Waals surface area contributed by atoms with E-state index in [1.54, 1.807) is 0 Å². The van der Waals surface area contributed by atoms with Crippen molar-refractivity contribution < 1.29 is 0 Å². The van der Waals surface area contributed by atoms with E-state index < -0.39 is 0 Å². The van der Waals surface area contributed by atoms with Crippen molar-refractivity contribution in [3.05, 3.63) is 172 Å². The first kappa shape index (κ1) is 32.7. The summed E-state index contributed by atoms with van der Waals surface area (Å²) in [4.78, 5) is 2.49. The molecule has 1 aliphatic rings. The van der Waals surface area contributed by atoms with Crippen molar-refractivity contribution in [3.8, 4) is 22.3 Å². The molecule has 0 saturated carbocycles. The van der Waals surface area contributed by atoms with E-state index in [-0.39, 0.29) is 16.2 Å². The Bertz CT molecular complexity index is 2170. The number of anilines is 3. The van der Waals surface area contributed by atoms with Crippen molar-refractivity contribution in [2.24, 2.45) is 0 Å². The highest BCUT2D eigenvalue weighted by Crippen LogP contribution is 2.51. The monoisotopic (exact) mass is 639 g/mol. The van der Waals surface area contributed by atoms with Crippen LogP contribution in [-0.4, -0.2) is 0 Å². The maximum Gasteiger partial charge on any atom is 0.0540 e. The quantitative estimate of drug-likeness (QED) is 0.175. The second kappa shape index (κ2) is 11.9. The van der Waals surface area contributed by atoms with E-state index >= 15 is 0 Å². The molecule has 0 spiro atoms. The topological polar surface area (TPSA) is 3.24 Å². The minimum absolute atomic E-state index is 0.0778. The number of hydrogen-bond donors (Lipinski definition) is 0. The van der Waals surface area contributed by atoms with E-state index in [2.05, 4.69) is 201 Å². The first-order valence-corrected chi connectivity index (χ1v) is 17.7. The summed E-state index contributed by atoms with van der Waals surface area (Å²) in [6.45, 7) is 21.0. The average Bonchev–Trinajstić information content (AvgIpc) is 3.31. The zero-order valence-corrected chi connectivity index (χ0v) is 30.6. The molecular formula is C48H49N. The lowest BCUT2D eigenvalue weighted by Crippen LogP contribution is -2.24. The lowest BCUT2D eigenvalue weighted by molar-refractivity contribution is 0.580. The summed E-state index contributed by atoms with van der Waals surface area (Å²) < 4.78 is 0. The first-order chi connectivity index (χ1) is 23.3. The molecule has 0 heterocycles. The van der Waals surface area contributed by atoms with E-state index in [0.717, 1.165) is 5.69 Å². The molecule has 0 fully saturated rings. The second-order valence-electron chi connectivity index (χ2n) is 16.0. The van der Waals surface area contributed by atoms with Crippen molar-refractivity contribution in [2.75, 3.05) is 4.90 Å². The van der Waals surface area contributed by atoms with Crippen molar-refractivity contribution in [3.63, 3.8) is 0 Å². The van der Waals surface area contributed by atoms with Crippen LogP contribution < -0.4 is 4.90 Å². The second-order valence-corrected chi connectivity index (χ2v) is 16.0. The third-order valence-electron chi connectivity index (χ3n) is 11.0. The molecule has 0 N–H and O–H groups in total. The highest BCUT2D eigenvalue weighted by Gasteiger charge is 2.36. The van der Waals surface area contributed by atoms with Gasteiger partial charge < -0.3 is 4.90 Å². The molecule has 246 valence electrons. The molecule has 6 aromatic carbocycles. The molecule has 0 aromatic heterocycles. The van der Waals surface area contributed by atoms with Crippen molar-refractivity contribution in [2.45, 2.75) is 78.6 Å². The largest absolute Gasteiger partial charge is 0.310 e. The van der Waals surface area contributed by atoms with Gasteiger partial charge in [-0.25, -0.2) is 0 Å². The average molecular weight is 640 g/mol. The highest BCUT2D eigenvalue weighted by atomic mass is 15.1. The number of nitrogens with zero attached hydrogens (tertiary/aromatic N) is 1. The third kappa shape index (κ3) is 5.60. The van der Waals surface area contributed by atoms with Gasteiger partial charge in [-0.05, 0) is 105 Å². The highest BCUT2D eigenvalue weighted by molar-refractivity contribution is 5.90. The Labute approximate surface area is 294 Å². The number of aryl methyl sites for hydroxylation is 2. The predicted octanol–water partition coefficient (Wildman–Crippen LogP) is 13.4. The smallest absolute Gasteiger partial charge is 0.0540 e. The van der Waals surface area contributed by atoms with Crippen LogP contribution in [0.25, 0.3) is 22.3 Å². The zero-order chi connectivity index (χ0) is 34.7. The number of fused-ring (bicyclic) bond motifs is 3. The van der Waals surface area contributed by atoms with E-state index in [1.807, 2.05) is 0 Å². The molecule has 0 saturated heterocycles. The van der Waals surface area contributed by atoms with Gasteiger partial charge in [0.05, 0.1) is 5.69 Å². The van der Waals surface area contributed by atoms with Crippen molar-refractivity contribution >= 4 is 17.1 Å². The van der Waals surface area contributed by atoms with E-state index in [0.29, 0.717) is 0 Å². The molecule has 0 atom stereocenters. The van der Waals surface area contributed by atoms with Crippen LogP contribution in [0.4, 0.5) is 17.1 Å². The van der Waals surface area contributed by atoms with Crippen LogP contribution in [0.5, 0.6) is 0 Å². The Kier molecular flexibility index (Phi) is 7.94. The molecule has 1 heteroatoms. The van der Waals surface area contributed by atoms with Crippen molar-refractivity contribution in [1.82, 2.24) is 0 Å². The Balaban J connectivity index is 1.45. The van der Waals surface area contributed by atoms with Gasteiger partial charge >= 0.3 is 0 Å². The molecule has 0 radical (unpaired) electrons. The molecule has 7 rings (SSSR count). The summed E-state index contributed by atoms with van der Waals surface area (Å²) in [5.41, 5.74) is 17.9. The number of para-hydroxylation sites is 1. The maximum absolute atomic E-state index is 2.49. The fourth-order valence-corrected chi connectivity index (χ4v) is 8.12. The Morgan fingerprint density at radius 1 is 0.490 bits per heavy atom. The van der Waals surface area contributed by atoms with Gasteiger partial charge in [-0.3, -0.25) is 0 Å². The van der Waals surface area contributed by atoms with Crippen LogP contribution in [0.1, 0.15) is 87.4 Å². The van der Waals surface area contributed by atoms with E-state index in [9.17, 15) is 0 Å². The van der Waals surface area contributed by atoms with Gasteiger partial charge in [-0.1, -0.05) is 152 Å². The summed E-state index contributed by atoms with van der Waals surface area (Å²) in [7, 11) is 0. The minimum atomic E-state index is -0.211. The summed E-state index contributed by atoms with van der Waals surface area (Å²) >= 11 is 0. The van der Waals surface area contributed by atoms with E-state index in [1.165, 1.54) is 72.6 Å². The zero-order valence-electron chi connectivity index (χ0n) is 30.6. The third-order valence-corrected chi connectivity index (χ3v) is 11.0. The fraction of sp³-hybridized carbons (Fsp3) is 0.250. The first-order valence-electron chi connectivity index (χ1n) is 17.7. The maximum atomic E-state index is 2.49. The number of rotatable bonds is 6. The molecule has 0 unspecified atom stereocenters. The van der Waals surface area contributed by atoms with Crippen LogP contribution in [-0.2, 0) is 16.2 Å². The summed E-state index contributed by atoms with van der Waals surface area (Å²) in [5.74, 6) is 0. The Morgan fingerprint density at radius 3 is 1.76 bits per heavy atom. The van der Waals surface area contributed by atoms with Gasteiger partial charge in [-0.2, -0.15) is 0 Å². The Hall–Kier alpha value is -4.88. The molecule has 0 bridgehead atoms. The van der Waals surface area contributed by atoms with Gasteiger partial charge in [-0.15, -0.1) is 0 Å². The standard InChI is InChI=1S/C48H49N/c1-32-23-25-35(46(3,4)5)29-42(32)48(8,9)43-30-36(26-24-33(43)2)49(45-22-16-14-19-38(45)34-17-11-10-12-18-34)37-27-28-40-39-20-13-15-21-41(39)47(6,7)44(40)31-37/h10-31H,1-9H3. The molecule has 1 nitrogen and oxygen atoms in total. The molecular weight excluding hydrogens is 591 g/mol. The Morgan fingerprint density at radius 2 is 1.04 bits per heavy atom. The molecule has 0 amide bonds. The van der Waals surface area contributed by atoms with Crippen LogP contribution in [0.2, 0.25) is 0 Å². The van der Waals surface area contributed by atoms with Gasteiger partial charge in [0.25, 0.3) is 0 Å². The van der Waals surface area contributed by atoms with Gasteiger partial charge in [0.15, 0.2) is 0 Å². The molecule has 0 aliphatic heterocycles. The lowest BCUT2D eigenvalue weighted by Gasteiger charge is -2.34.